The Kier molecular flexibility index (Phi) is 8.96. The SMILES string of the molecule is NC(N)=O.S.c1cn[nH]n1. The summed E-state index contributed by atoms with van der Waals surface area (Å²) in [6.45, 7) is 0. The number of urea groups is 1. The van der Waals surface area contributed by atoms with E-state index in [9.17, 15) is 0 Å². The first-order chi connectivity index (χ1) is 4.23. The van der Waals surface area contributed by atoms with Crippen LogP contribution >= 0.6 is 13.5 Å². The first-order valence-electron chi connectivity index (χ1n) is 2.08. The van der Waals surface area contributed by atoms with Gasteiger partial charge >= 0.3 is 6.03 Å². The molecule has 5 N–H and O–H groups in total. The van der Waals surface area contributed by atoms with Crippen molar-refractivity contribution in [1.82, 2.24) is 15.4 Å². The number of hydrogen-bond donors (Lipinski definition) is 3. The van der Waals surface area contributed by atoms with Gasteiger partial charge in [0.2, 0.25) is 0 Å². The lowest BCUT2D eigenvalue weighted by molar-refractivity contribution is 0.256. The molecule has 2 amide bonds. The molecule has 0 bridgehead atoms. The van der Waals surface area contributed by atoms with Crippen molar-refractivity contribution in [3.63, 3.8) is 0 Å². The Morgan fingerprint density at radius 3 is 1.70 bits per heavy atom. The number of rotatable bonds is 0. The van der Waals surface area contributed by atoms with E-state index in [1.54, 1.807) is 12.4 Å². The highest BCUT2D eigenvalue weighted by atomic mass is 32.1. The number of aromatic nitrogens is 3. The normalized spacial score (nSPS) is 6.40. The summed E-state index contributed by atoms with van der Waals surface area (Å²) < 4.78 is 0. The number of primary amides is 2. The Balaban J connectivity index is 0. The minimum absolute atomic E-state index is 0. The molecule has 0 spiro atoms. The Labute approximate surface area is 64.4 Å². The second kappa shape index (κ2) is 7.76. The highest BCUT2D eigenvalue weighted by Gasteiger charge is 1.60. The van der Waals surface area contributed by atoms with Gasteiger partial charge in [0.25, 0.3) is 0 Å². The lowest BCUT2D eigenvalue weighted by atomic mass is 11.0. The number of amides is 2. The third-order valence-corrected chi connectivity index (χ3v) is 0.331. The van der Waals surface area contributed by atoms with Crippen LogP contribution in [-0.2, 0) is 0 Å². The molecule has 0 unspecified atom stereocenters. The maximum atomic E-state index is 9.00. The van der Waals surface area contributed by atoms with Gasteiger partial charge in [-0.25, -0.2) is 4.79 Å². The molecule has 1 heterocycles. The molecule has 0 aliphatic rings. The van der Waals surface area contributed by atoms with Crippen LogP contribution in [0.2, 0.25) is 0 Å². The van der Waals surface area contributed by atoms with Gasteiger partial charge in [-0.15, -0.1) is 0 Å². The highest BCUT2D eigenvalue weighted by Crippen LogP contribution is 1.55. The summed E-state index contributed by atoms with van der Waals surface area (Å²) >= 11 is 0. The molecule has 1 rings (SSSR count). The molecular formula is C3H9N5OS. The van der Waals surface area contributed by atoms with E-state index in [4.69, 9.17) is 4.79 Å². The average molecular weight is 163 g/mol. The zero-order chi connectivity index (χ0) is 7.11. The summed E-state index contributed by atoms with van der Waals surface area (Å²) in [5.74, 6) is 0. The molecule has 0 atom stereocenters. The number of carbonyl (C=O) groups is 1. The molecule has 0 fully saturated rings. The Bertz CT molecular complexity index is 131. The van der Waals surface area contributed by atoms with Crippen molar-refractivity contribution in [2.75, 3.05) is 0 Å². The lowest BCUT2D eigenvalue weighted by Gasteiger charge is -1.62. The zero-order valence-electron chi connectivity index (χ0n) is 5.11. The summed E-state index contributed by atoms with van der Waals surface area (Å²) in [4.78, 5) is 9.00. The van der Waals surface area contributed by atoms with Crippen molar-refractivity contribution in [3.05, 3.63) is 12.4 Å². The number of hydrogen-bond acceptors (Lipinski definition) is 3. The van der Waals surface area contributed by atoms with Crippen LogP contribution in [0.15, 0.2) is 12.4 Å². The van der Waals surface area contributed by atoms with Gasteiger partial charge in [0.05, 0.1) is 12.4 Å². The fourth-order valence-electron chi connectivity index (χ4n) is 0.167. The molecular weight excluding hydrogens is 154 g/mol. The van der Waals surface area contributed by atoms with E-state index in [-0.39, 0.29) is 13.5 Å². The van der Waals surface area contributed by atoms with Gasteiger partial charge in [-0.1, -0.05) is 0 Å². The number of nitrogens with one attached hydrogen (secondary N) is 1. The van der Waals surface area contributed by atoms with E-state index in [1.165, 1.54) is 0 Å². The van der Waals surface area contributed by atoms with Gasteiger partial charge in [0.1, 0.15) is 0 Å². The molecule has 1 aromatic rings. The molecule has 0 aliphatic carbocycles. The van der Waals surface area contributed by atoms with Crippen LogP contribution in [0.25, 0.3) is 0 Å². The second-order valence-electron chi connectivity index (χ2n) is 1.06. The molecule has 0 saturated heterocycles. The molecule has 0 radical (unpaired) electrons. The zero-order valence-corrected chi connectivity index (χ0v) is 6.11. The fourth-order valence-corrected chi connectivity index (χ4v) is 0.167. The minimum Gasteiger partial charge on any atom is -0.352 e. The lowest BCUT2D eigenvalue weighted by Crippen LogP contribution is -2.18. The standard InChI is InChI=1S/C2H3N3.CH4N2O.H2S/c1-2-4-5-3-1;2-1(3)4;/h1-2H,(H,3,4,5);(H4,2,3,4);1H2. The predicted molar refractivity (Wildman–Crippen MR) is 40.5 cm³/mol. The van der Waals surface area contributed by atoms with E-state index >= 15 is 0 Å². The topological polar surface area (TPSA) is 111 Å². The number of aromatic amines is 1. The summed E-state index contributed by atoms with van der Waals surface area (Å²) in [7, 11) is 0. The van der Waals surface area contributed by atoms with Crippen LogP contribution < -0.4 is 11.5 Å². The van der Waals surface area contributed by atoms with Gasteiger partial charge in [0.15, 0.2) is 0 Å². The van der Waals surface area contributed by atoms with Crippen molar-refractivity contribution >= 4 is 19.5 Å². The van der Waals surface area contributed by atoms with Crippen LogP contribution in [0.1, 0.15) is 0 Å². The van der Waals surface area contributed by atoms with E-state index < -0.39 is 6.03 Å². The van der Waals surface area contributed by atoms with Crippen molar-refractivity contribution < 1.29 is 4.79 Å². The van der Waals surface area contributed by atoms with Gasteiger partial charge in [0, 0.05) is 0 Å². The molecule has 0 saturated carbocycles. The minimum atomic E-state index is -0.833. The van der Waals surface area contributed by atoms with Crippen molar-refractivity contribution in [1.29, 1.82) is 0 Å². The molecule has 0 aromatic carbocycles. The summed E-state index contributed by atoms with van der Waals surface area (Å²) in [6.07, 6.45) is 3.17. The van der Waals surface area contributed by atoms with Crippen molar-refractivity contribution in [3.8, 4) is 0 Å². The van der Waals surface area contributed by atoms with Gasteiger partial charge in [-0.3, -0.25) is 0 Å². The largest absolute Gasteiger partial charge is 0.352 e. The number of nitrogens with zero attached hydrogens (tertiary/aromatic N) is 2. The van der Waals surface area contributed by atoms with Gasteiger partial charge < -0.3 is 11.5 Å². The van der Waals surface area contributed by atoms with Crippen molar-refractivity contribution in [2.45, 2.75) is 0 Å². The van der Waals surface area contributed by atoms with E-state index in [1.807, 2.05) is 0 Å². The van der Waals surface area contributed by atoms with Crippen LogP contribution in [0, 0.1) is 0 Å². The third-order valence-electron chi connectivity index (χ3n) is 0.331. The van der Waals surface area contributed by atoms with Gasteiger partial charge in [-0.05, 0) is 0 Å². The molecule has 0 aliphatic heterocycles. The summed E-state index contributed by atoms with van der Waals surface area (Å²) in [6, 6.07) is -0.833. The number of carbonyl (C=O) groups excluding carboxylic acids is 1. The third kappa shape index (κ3) is 15.9. The van der Waals surface area contributed by atoms with Crippen molar-refractivity contribution in [2.24, 2.45) is 11.5 Å². The predicted octanol–water partition coefficient (Wildman–Crippen LogP) is -1.06. The summed E-state index contributed by atoms with van der Waals surface area (Å²) in [5.41, 5.74) is 8.50. The molecule has 10 heavy (non-hydrogen) atoms. The Morgan fingerprint density at radius 2 is 1.60 bits per heavy atom. The van der Waals surface area contributed by atoms with E-state index in [2.05, 4.69) is 26.9 Å². The molecule has 58 valence electrons. The monoisotopic (exact) mass is 163 g/mol. The number of nitrogens with two attached hydrogens (primary N) is 2. The van der Waals surface area contributed by atoms with Crippen LogP contribution in [-0.4, -0.2) is 21.4 Å². The smallest absolute Gasteiger partial charge is 0.309 e. The quantitative estimate of drug-likeness (QED) is 0.453. The highest BCUT2D eigenvalue weighted by molar-refractivity contribution is 7.59. The molecule has 6 nitrogen and oxygen atoms in total. The van der Waals surface area contributed by atoms with Crippen LogP contribution in [0.4, 0.5) is 4.79 Å². The average Bonchev–Trinajstić information content (AvgIpc) is 2.11. The first kappa shape index (κ1) is 11.5. The van der Waals surface area contributed by atoms with E-state index in [0.717, 1.165) is 0 Å². The van der Waals surface area contributed by atoms with Gasteiger partial charge in [-0.2, -0.15) is 28.9 Å². The Morgan fingerprint density at radius 1 is 1.30 bits per heavy atom. The fraction of sp³-hybridized carbons (Fsp3) is 0. The molecule has 1 aromatic heterocycles. The maximum absolute atomic E-state index is 9.00. The first-order valence-corrected chi connectivity index (χ1v) is 2.08. The van der Waals surface area contributed by atoms with Crippen LogP contribution in [0.3, 0.4) is 0 Å². The van der Waals surface area contributed by atoms with E-state index in [0.29, 0.717) is 0 Å². The van der Waals surface area contributed by atoms with Crippen LogP contribution in [0.5, 0.6) is 0 Å². The maximum Gasteiger partial charge on any atom is 0.309 e. The molecule has 7 heteroatoms. The summed E-state index contributed by atoms with van der Waals surface area (Å²) in [5, 5.41) is 9.33. The second-order valence-corrected chi connectivity index (χ2v) is 1.06. The Hall–Kier alpha value is -1.24. The number of H-pyrrole nitrogens is 1.